The zero-order valence-electron chi connectivity index (χ0n) is 13.4. The molecule has 1 heterocycles. The van der Waals surface area contributed by atoms with E-state index in [1.54, 1.807) is 30.1 Å². The van der Waals surface area contributed by atoms with E-state index in [1.807, 2.05) is 22.9 Å². The summed E-state index contributed by atoms with van der Waals surface area (Å²) in [5.74, 6) is -0.157. The van der Waals surface area contributed by atoms with Gasteiger partial charge in [-0.3, -0.25) is 9.59 Å². The summed E-state index contributed by atoms with van der Waals surface area (Å²) in [5.41, 5.74) is 1.82. The quantitative estimate of drug-likeness (QED) is 0.846. The maximum absolute atomic E-state index is 12.5. The minimum absolute atomic E-state index is 0.0496. The van der Waals surface area contributed by atoms with Crippen LogP contribution in [0.25, 0.3) is 0 Å². The molecule has 6 heteroatoms. The first-order chi connectivity index (χ1) is 11.6. The number of aliphatic hydroxyl groups excluding tert-OH is 1. The molecule has 1 aromatic heterocycles. The Morgan fingerprint density at radius 3 is 2.75 bits per heavy atom. The molecule has 2 N–H and O–H groups in total. The molecule has 1 saturated carbocycles. The molecule has 3 rings (SSSR count). The molecule has 126 valence electrons. The Kier molecular flexibility index (Phi) is 4.97. The Morgan fingerprint density at radius 1 is 1.33 bits per heavy atom. The van der Waals surface area contributed by atoms with Gasteiger partial charge in [0.2, 0.25) is 5.91 Å². The summed E-state index contributed by atoms with van der Waals surface area (Å²) in [6, 6.07) is 8.87. The van der Waals surface area contributed by atoms with Gasteiger partial charge in [0.25, 0.3) is 5.91 Å². The number of rotatable bonds is 6. The highest BCUT2D eigenvalue weighted by atomic mass is 32.1. The summed E-state index contributed by atoms with van der Waals surface area (Å²) in [6.45, 7) is 0.129. The summed E-state index contributed by atoms with van der Waals surface area (Å²) < 4.78 is 0. The number of benzene rings is 1. The maximum Gasteiger partial charge on any atom is 0.253 e. The number of nitrogens with zero attached hydrogens (tertiary/aromatic N) is 1. The molecule has 0 radical (unpaired) electrons. The first-order valence-corrected chi connectivity index (χ1v) is 8.87. The molecule has 1 aliphatic carbocycles. The van der Waals surface area contributed by atoms with Crippen LogP contribution in [0.2, 0.25) is 0 Å². The molecule has 2 aromatic rings. The highest BCUT2D eigenvalue weighted by Gasteiger charge is 2.33. The number of carbonyl (C=O) groups is 2. The van der Waals surface area contributed by atoms with Crippen molar-refractivity contribution in [2.75, 3.05) is 18.5 Å². The van der Waals surface area contributed by atoms with Crippen LogP contribution in [-0.4, -0.2) is 30.5 Å². The number of hydrogen-bond acceptors (Lipinski definition) is 4. The number of nitrogens with one attached hydrogen (secondary N) is 1. The minimum atomic E-state index is -0.738. The molecule has 24 heavy (non-hydrogen) atoms. The van der Waals surface area contributed by atoms with Crippen LogP contribution in [-0.2, 0) is 4.79 Å². The second-order valence-corrected chi connectivity index (χ2v) is 6.75. The van der Waals surface area contributed by atoms with E-state index < -0.39 is 6.10 Å². The molecule has 1 atom stereocenters. The van der Waals surface area contributed by atoms with Crippen LogP contribution < -0.4 is 10.2 Å². The smallest absolute Gasteiger partial charge is 0.253 e. The van der Waals surface area contributed by atoms with Crippen molar-refractivity contribution in [2.45, 2.75) is 18.9 Å². The first kappa shape index (κ1) is 16.7. The van der Waals surface area contributed by atoms with Crippen molar-refractivity contribution in [3.05, 3.63) is 52.2 Å². The third-order valence-corrected chi connectivity index (χ3v) is 4.85. The van der Waals surface area contributed by atoms with Gasteiger partial charge in [0.15, 0.2) is 0 Å². The van der Waals surface area contributed by atoms with Gasteiger partial charge in [-0.2, -0.15) is 11.3 Å². The fourth-order valence-electron chi connectivity index (χ4n) is 2.55. The van der Waals surface area contributed by atoms with Crippen LogP contribution >= 0.6 is 11.3 Å². The van der Waals surface area contributed by atoms with Crippen molar-refractivity contribution in [3.8, 4) is 0 Å². The first-order valence-electron chi connectivity index (χ1n) is 7.93. The van der Waals surface area contributed by atoms with E-state index in [-0.39, 0.29) is 24.3 Å². The zero-order valence-corrected chi connectivity index (χ0v) is 14.3. The summed E-state index contributed by atoms with van der Waals surface area (Å²) in [7, 11) is 1.70. The van der Waals surface area contributed by atoms with Gasteiger partial charge in [0, 0.05) is 19.5 Å². The number of hydrogen-bond donors (Lipinski definition) is 2. The highest BCUT2D eigenvalue weighted by molar-refractivity contribution is 7.07. The number of carbonyl (C=O) groups excluding carboxylic acids is 2. The second kappa shape index (κ2) is 7.15. The highest BCUT2D eigenvalue weighted by Crippen LogP contribution is 2.33. The van der Waals surface area contributed by atoms with Crippen LogP contribution in [0.1, 0.15) is 34.9 Å². The standard InChI is InChI=1S/C18H20N2O3S/c1-20(18(23)12-6-7-12)15-5-3-2-4-14(15)17(22)19-10-16(21)13-8-9-24-11-13/h2-5,8-9,11-12,16,21H,6-7,10H2,1H3,(H,19,22)/t16-/m0/s1. The third kappa shape index (κ3) is 3.66. The van der Waals surface area contributed by atoms with Gasteiger partial charge in [-0.1, -0.05) is 12.1 Å². The molecule has 2 amide bonds. The van der Waals surface area contributed by atoms with Gasteiger partial charge >= 0.3 is 0 Å². The molecule has 0 unspecified atom stereocenters. The molecular formula is C18H20N2O3S. The Labute approximate surface area is 144 Å². The average Bonchev–Trinajstić information content (AvgIpc) is 3.32. The van der Waals surface area contributed by atoms with E-state index in [2.05, 4.69) is 5.32 Å². The Hall–Kier alpha value is -2.18. The van der Waals surface area contributed by atoms with Crippen molar-refractivity contribution >= 4 is 28.8 Å². The number of para-hydroxylation sites is 1. The minimum Gasteiger partial charge on any atom is -0.387 e. The van der Waals surface area contributed by atoms with Crippen molar-refractivity contribution in [1.29, 1.82) is 0 Å². The number of anilines is 1. The number of amides is 2. The van der Waals surface area contributed by atoms with Crippen molar-refractivity contribution in [2.24, 2.45) is 5.92 Å². The van der Waals surface area contributed by atoms with Gasteiger partial charge in [0.05, 0.1) is 17.4 Å². The summed E-state index contributed by atoms with van der Waals surface area (Å²) in [5, 5.41) is 16.6. The fourth-order valence-corrected chi connectivity index (χ4v) is 3.26. The summed E-state index contributed by atoms with van der Waals surface area (Å²) in [6.07, 6.45) is 1.10. The van der Waals surface area contributed by atoms with E-state index in [0.29, 0.717) is 11.3 Å². The predicted molar refractivity (Wildman–Crippen MR) is 94.2 cm³/mol. The molecule has 0 spiro atoms. The average molecular weight is 344 g/mol. The van der Waals surface area contributed by atoms with Gasteiger partial charge in [-0.25, -0.2) is 0 Å². The molecule has 1 fully saturated rings. The van der Waals surface area contributed by atoms with Gasteiger partial charge < -0.3 is 15.3 Å². The molecule has 0 aliphatic heterocycles. The lowest BCUT2D eigenvalue weighted by Crippen LogP contribution is -2.33. The van der Waals surface area contributed by atoms with Gasteiger partial charge in [0.1, 0.15) is 0 Å². The zero-order chi connectivity index (χ0) is 17.1. The lowest BCUT2D eigenvalue weighted by atomic mass is 10.1. The van der Waals surface area contributed by atoms with Crippen LogP contribution in [0.3, 0.4) is 0 Å². The van der Waals surface area contributed by atoms with E-state index in [0.717, 1.165) is 18.4 Å². The Bertz CT molecular complexity index is 726. The third-order valence-electron chi connectivity index (χ3n) is 4.15. The largest absolute Gasteiger partial charge is 0.387 e. The monoisotopic (exact) mass is 344 g/mol. The van der Waals surface area contributed by atoms with E-state index in [4.69, 9.17) is 0 Å². The molecular weight excluding hydrogens is 324 g/mol. The molecule has 1 aromatic carbocycles. The lowest BCUT2D eigenvalue weighted by Gasteiger charge is -2.20. The van der Waals surface area contributed by atoms with Crippen molar-refractivity contribution in [3.63, 3.8) is 0 Å². The van der Waals surface area contributed by atoms with Crippen molar-refractivity contribution < 1.29 is 14.7 Å². The fraction of sp³-hybridized carbons (Fsp3) is 0.333. The Balaban J connectivity index is 1.69. The molecule has 1 aliphatic rings. The van der Waals surface area contributed by atoms with Gasteiger partial charge in [-0.15, -0.1) is 0 Å². The summed E-state index contributed by atoms with van der Waals surface area (Å²) >= 11 is 1.50. The lowest BCUT2D eigenvalue weighted by molar-refractivity contribution is -0.119. The van der Waals surface area contributed by atoms with E-state index >= 15 is 0 Å². The molecule has 0 bridgehead atoms. The topological polar surface area (TPSA) is 69.6 Å². The number of thiophene rings is 1. The van der Waals surface area contributed by atoms with Crippen LogP contribution in [0.5, 0.6) is 0 Å². The molecule has 0 saturated heterocycles. The van der Waals surface area contributed by atoms with Crippen LogP contribution in [0, 0.1) is 5.92 Å². The van der Waals surface area contributed by atoms with Crippen LogP contribution in [0.4, 0.5) is 5.69 Å². The van der Waals surface area contributed by atoms with E-state index in [9.17, 15) is 14.7 Å². The Morgan fingerprint density at radius 2 is 2.08 bits per heavy atom. The number of aliphatic hydroxyl groups is 1. The second-order valence-electron chi connectivity index (χ2n) is 5.97. The van der Waals surface area contributed by atoms with E-state index in [1.165, 1.54) is 11.3 Å². The van der Waals surface area contributed by atoms with Crippen molar-refractivity contribution in [1.82, 2.24) is 5.32 Å². The predicted octanol–water partition coefficient (Wildman–Crippen LogP) is 2.58. The maximum atomic E-state index is 12.5. The molecule has 5 nitrogen and oxygen atoms in total. The summed E-state index contributed by atoms with van der Waals surface area (Å²) in [4.78, 5) is 26.3. The van der Waals surface area contributed by atoms with Crippen LogP contribution in [0.15, 0.2) is 41.1 Å². The SMILES string of the molecule is CN(C(=O)C1CC1)c1ccccc1C(=O)NC[C@H](O)c1ccsc1. The normalized spacial score (nSPS) is 14.9. The van der Waals surface area contributed by atoms with Gasteiger partial charge in [-0.05, 0) is 47.4 Å².